The highest BCUT2D eigenvalue weighted by molar-refractivity contribution is 5.95. The summed E-state index contributed by atoms with van der Waals surface area (Å²) in [5.41, 5.74) is 5.42. The largest absolute Gasteiger partial charge is 0.395 e. The second-order valence-corrected chi connectivity index (χ2v) is 10.2. The SMILES string of the molecule is C=C(/C=C\C1=C(C)CC[C@@H]2[C@@H]1CC[C@]1(C)C(c3cncc(F)c3)=CC[C@@H]21)C(=O)N(C)CCO. The number of likely N-dealkylation sites (N-methyl/N-ethyl adjacent to an activating group) is 1. The summed E-state index contributed by atoms with van der Waals surface area (Å²) in [7, 11) is 1.68. The van der Waals surface area contributed by atoms with Gasteiger partial charge in [-0.1, -0.05) is 31.2 Å². The molecular weight excluding hydrogens is 415 g/mol. The predicted molar refractivity (Wildman–Crippen MR) is 130 cm³/mol. The lowest BCUT2D eigenvalue weighted by atomic mass is 9.54. The molecule has 4 atom stereocenters. The molecule has 4 nitrogen and oxygen atoms in total. The highest BCUT2D eigenvalue weighted by atomic mass is 19.1. The number of amides is 1. The fraction of sp³-hybridized carbons (Fsp3) is 0.500. The number of allylic oxidation sites excluding steroid dienone is 5. The molecule has 1 saturated carbocycles. The molecule has 1 heterocycles. The molecule has 0 radical (unpaired) electrons. The van der Waals surface area contributed by atoms with Crippen LogP contribution in [-0.2, 0) is 4.79 Å². The van der Waals surface area contributed by atoms with E-state index in [-0.39, 0.29) is 23.7 Å². The fourth-order valence-corrected chi connectivity index (χ4v) is 6.52. The van der Waals surface area contributed by atoms with Crippen molar-refractivity contribution in [1.82, 2.24) is 9.88 Å². The molecule has 3 aliphatic rings. The third-order valence-corrected chi connectivity index (χ3v) is 8.30. The van der Waals surface area contributed by atoms with Crippen LogP contribution >= 0.6 is 0 Å². The van der Waals surface area contributed by atoms with Crippen LogP contribution in [0.15, 0.2) is 60.0 Å². The Morgan fingerprint density at radius 2 is 2.18 bits per heavy atom. The smallest absolute Gasteiger partial charge is 0.253 e. The van der Waals surface area contributed by atoms with Crippen molar-refractivity contribution in [2.45, 2.75) is 46.0 Å². The first-order valence-electron chi connectivity index (χ1n) is 12.0. The lowest BCUT2D eigenvalue weighted by Gasteiger charge is -2.50. The van der Waals surface area contributed by atoms with Gasteiger partial charge in [0.05, 0.1) is 12.8 Å². The van der Waals surface area contributed by atoms with Crippen LogP contribution in [0.4, 0.5) is 4.39 Å². The van der Waals surface area contributed by atoms with E-state index in [1.54, 1.807) is 19.3 Å². The molecule has 0 spiro atoms. The average Bonchev–Trinajstić information content (AvgIpc) is 3.15. The van der Waals surface area contributed by atoms with Crippen molar-refractivity contribution in [2.75, 3.05) is 20.2 Å². The number of aliphatic hydroxyl groups excluding tert-OH is 1. The molecule has 0 saturated heterocycles. The molecule has 0 aromatic carbocycles. The maximum atomic E-state index is 13.9. The first-order valence-corrected chi connectivity index (χ1v) is 12.0. The molecule has 0 bridgehead atoms. The van der Waals surface area contributed by atoms with Crippen molar-refractivity contribution in [3.8, 4) is 0 Å². The van der Waals surface area contributed by atoms with E-state index in [2.05, 4.69) is 37.6 Å². The Morgan fingerprint density at radius 1 is 1.39 bits per heavy atom. The van der Waals surface area contributed by atoms with E-state index in [0.717, 1.165) is 31.2 Å². The summed E-state index contributed by atoms with van der Waals surface area (Å²) in [4.78, 5) is 18.1. The summed E-state index contributed by atoms with van der Waals surface area (Å²) in [5, 5.41) is 9.09. The van der Waals surface area contributed by atoms with Gasteiger partial charge in [-0.2, -0.15) is 0 Å². The Bertz CT molecular complexity index is 1040. The van der Waals surface area contributed by atoms with Crippen molar-refractivity contribution >= 4 is 11.5 Å². The van der Waals surface area contributed by atoms with Crippen molar-refractivity contribution < 1.29 is 14.3 Å². The van der Waals surface area contributed by atoms with Gasteiger partial charge in [0.1, 0.15) is 5.82 Å². The summed E-state index contributed by atoms with van der Waals surface area (Å²) in [5.74, 6) is 1.15. The van der Waals surface area contributed by atoms with Crippen LogP contribution < -0.4 is 0 Å². The number of nitrogens with zero attached hydrogens (tertiary/aromatic N) is 2. The summed E-state index contributed by atoms with van der Waals surface area (Å²) >= 11 is 0. The lowest BCUT2D eigenvalue weighted by molar-refractivity contribution is -0.125. The van der Waals surface area contributed by atoms with E-state index in [1.165, 1.54) is 34.2 Å². The van der Waals surface area contributed by atoms with Crippen LogP contribution in [0.25, 0.3) is 5.57 Å². The Hall–Kier alpha value is -2.53. The standard InChI is InChI=1S/C28H35FN2O2/c1-18-5-8-24-23(22(18)7-6-19(2)27(33)31(4)13-14-32)11-12-28(3)25(9-10-26(24)28)20-15-21(29)17-30-16-20/h6-7,9,15-17,23-24,26,32H,2,5,8,10-14H2,1,3-4H3/b7-6-/t23-,24-,26+,28-/m1/s1. The van der Waals surface area contributed by atoms with Gasteiger partial charge in [-0.25, -0.2) is 4.39 Å². The van der Waals surface area contributed by atoms with E-state index in [1.807, 2.05) is 6.08 Å². The van der Waals surface area contributed by atoms with Crippen LogP contribution in [-0.4, -0.2) is 41.1 Å². The second kappa shape index (κ2) is 9.38. The minimum absolute atomic E-state index is 0.0449. The molecule has 1 aromatic rings. The van der Waals surface area contributed by atoms with Gasteiger partial charge in [0.2, 0.25) is 0 Å². The van der Waals surface area contributed by atoms with Crippen molar-refractivity contribution in [1.29, 1.82) is 0 Å². The Morgan fingerprint density at radius 3 is 2.91 bits per heavy atom. The van der Waals surface area contributed by atoms with Gasteiger partial charge >= 0.3 is 0 Å². The van der Waals surface area contributed by atoms with E-state index < -0.39 is 0 Å². The topological polar surface area (TPSA) is 53.4 Å². The number of aliphatic hydroxyl groups is 1. The number of hydrogen-bond donors (Lipinski definition) is 1. The minimum atomic E-state index is -0.280. The maximum Gasteiger partial charge on any atom is 0.253 e. The van der Waals surface area contributed by atoms with Crippen molar-refractivity contribution in [3.05, 3.63) is 71.4 Å². The molecule has 0 unspecified atom stereocenters. The summed E-state index contributed by atoms with van der Waals surface area (Å²) in [6.07, 6.45) is 14.8. The maximum absolute atomic E-state index is 13.9. The van der Waals surface area contributed by atoms with Gasteiger partial charge in [0.15, 0.2) is 0 Å². The number of carbonyl (C=O) groups is 1. The number of carbonyl (C=O) groups excluding carboxylic acids is 1. The first kappa shape index (κ1) is 23.6. The Balaban J connectivity index is 1.54. The van der Waals surface area contributed by atoms with Crippen LogP contribution in [0, 0.1) is 29.0 Å². The number of aromatic nitrogens is 1. The van der Waals surface area contributed by atoms with Crippen LogP contribution in [0.1, 0.15) is 51.5 Å². The molecule has 33 heavy (non-hydrogen) atoms. The highest BCUT2D eigenvalue weighted by Crippen LogP contribution is 2.62. The molecule has 1 amide bonds. The quantitative estimate of drug-likeness (QED) is 0.471. The van der Waals surface area contributed by atoms with E-state index in [4.69, 9.17) is 5.11 Å². The number of hydrogen-bond acceptors (Lipinski definition) is 3. The molecule has 5 heteroatoms. The predicted octanol–water partition coefficient (Wildman–Crippen LogP) is 5.33. The number of halogens is 1. The zero-order valence-electron chi connectivity index (χ0n) is 20.0. The average molecular weight is 451 g/mol. The van der Waals surface area contributed by atoms with Gasteiger partial charge in [0, 0.05) is 25.4 Å². The Kier molecular flexibility index (Phi) is 6.71. The second-order valence-electron chi connectivity index (χ2n) is 10.2. The van der Waals surface area contributed by atoms with E-state index in [9.17, 15) is 9.18 Å². The monoisotopic (exact) mass is 450 g/mol. The molecule has 3 aliphatic carbocycles. The normalized spacial score (nSPS) is 29.0. The number of fused-ring (bicyclic) bond motifs is 3. The summed E-state index contributed by atoms with van der Waals surface area (Å²) in [6, 6.07) is 1.62. The fourth-order valence-electron chi connectivity index (χ4n) is 6.52. The number of pyridine rings is 1. The van der Waals surface area contributed by atoms with Crippen molar-refractivity contribution in [2.24, 2.45) is 23.2 Å². The molecule has 176 valence electrons. The Labute approximate surface area is 196 Å². The van der Waals surface area contributed by atoms with Crippen LogP contribution in [0.3, 0.4) is 0 Å². The molecule has 4 rings (SSSR count). The molecule has 0 aliphatic heterocycles. The van der Waals surface area contributed by atoms with Gasteiger partial charge in [0.25, 0.3) is 5.91 Å². The van der Waals surface area contributed by atoms with Gasteiger partial charge < -0.3 is 10.0 Å². The highest BCUT2D eigenvalue weighted by Gasteiger charge is 2.51. The first-order chi connectivity index (χ1) is 15.8. The third kappa shape index (κ3) is 4.35. The van der Waals surface area contributed by atoms with E-state index >= 15 is 0 Å². The van der Waals surface area contributed by atoms with Crippen molar-refractivity contribution in [3.63, 3.8) is 0 Å². The minimum Gasteiger partial charge on any atom is -0.395 e. The van der Waals surface area contributed by atoms with Crippen LogP contribution in [0.5, 0.6) is 0 Å². The molecule has 1 fully saturated rings. The third-order valence-electron chi connectivity index (χ3n) is 8.30. The van der Waals surface area contributed by atoms with Gasteiger partial charge in [-0.05, 0) is 91.0 Å². The summed E-state index contributed by atoms with van der Waals surface area (Å²) in [6.45, 7) is 8.77. The molecular formula is C28H35FN2O2. The zero-order valence-corrected chi connectivity index (χ0v) is 20.0. The van der Waals surface area contributed by atoms with Gasteiger partial charge in [-0.3, -0.25) is 9.78 Å². The summed E-state index contributed by atoms with van der Waals surface area (Å²) < 4.78 is 13.9. The van der Waals surface area contributed by atoms with E-state index in [0.29, 0.717) is 29.9 Å². The lowest BCUT2D eigenvalue weighted by Crippen LogP contribution is -2.41. The van der Waals surface area contributed by atoms with Crippen LogP contribution in [0.2, 0.25) is 0 Å². The van der Waals surface area contributed by atoms with Gasteiger partial charge in [-0.15, -0.1) is 0 Å². The molecule has 1 aromatic heterocycles. The molecule has 1 N–H and O–H groups in total. The number of rotatable bonds is 6. The zero-order chi connectivity index (χ0) is 23.8.